The minimum atomic E-state index is -0.239. The first-order valence-electron chi connectivity index (χ1n) is 5.61. The molecule has 7 heteroatoms. The summed E-state index contributed by atoms with van der Waals surface area (Å²) in [6.45, 7) is 2.25. The van der Waals surface area contributed by atoms with Crippen LogP contribution in [0.15, 0.2) is 10.7 Å². The van der Waals surface area contributed by atoms with Gasteiger partial charge in [0.1, 0.15) is 12.4 Å². The predicted octanol–water partition coefficient (Wildman–Crippen LogP) is 1.31. The number of nitrogens with zero attached hydrogens (tertiary/aromatic N) is 2. The van der Waals surface area contributed by atoms with E-state index in [2.05, 4.69) is 14.7 Å². The molecule has 1 unspecified atom stereocenters. The van der Waals surface area contributed by atoms with Gasteiger partial charge in [-0.3, -0.25) is 4.79 Å². The van der Waals surface area contributed by atoms with Gasteiger partial charge in [0.05, 0.1) is 6.61 Å². The SMILES string of the molecule is CCOC(=O)C(CSc1ncns1)NC1CC1. The molecule has 1 aromatic rings. The first-order chi connectivity index (χ1) is 8.29. The van der Waals surface area contributed by atoms with E-state index in [0.717, 1.165) is 17.2 Å². The van der Waals surface area contributed by atoms with Crippen LogP contribution in [0.3, 0.4) is 0 Å². The predicted molar refractivity (Wildman–Crippen MR) is 67.2 cm³/mol. The Bertz CT molecular complexity index is 354. The van der Waals surface area contributed by atoms with Crippen molar-refractivity contribution in [3.8, 4) is 0 Å². The summed E-state index contributed by atoms with van der Waals surface area (Å²) in [7, 11) is 0. The summed E-state index contributed by atoms with van der Waals surface area (Å²) >= 11 is 2.89. The number of rotatable bonds is 7. The number of thioether (sulfide) groups is 1. The molecule has 5 nitrogen and oxygen atoms in total. The van der Waals surface area contributed by atoms with Gasteiger partial charge in [0.15, 0.2) is 4.34 Å². The zero-order valence-electron chi connectivity index (χ0n) is 9.59. The molecule has 0 spiro atoms. The summed E-state index contributed by atoms with van der Waals surface area (Å²) in [4.78, 5) is 15.8. The Hall–Kier alpha value is -0.660. The average Bonchev–Trinajstić information content (AvgIpc) is 2.98. The smallest absolute Gasteiger partial charge is 0.324 e. The molecule has 0 radical (unpaired) electrons. The number of nitrogens with one attached hydrogen (secondary N) is 1. The highest BCUT2D eigenvalue weighted by atomic mass is 32.2. The largest absolute Gasteiger partial charge is 0.465 e. The fourth-order valence-electron chi connectivity index (χ4n) is 1.34. The van der Waals surface area contributed by atoms with Crippen molar-refractivity contribution in [2.45, 2.75) is 36.2 Å². The maximum absolute atomic E-state index is 11.7. The second-order valence-corrected chi connectivity index (χ2v) is 5.81. The van der Waals surface area contributed by atoms with E-state index < -0.39 is 0 Å². The van der Waals surface area contributed by atoms with Gasteiger partial charge in [-0.15, -0.1) is 0 Å². The molecule has 1 aliphatic carbocycles. The topological polar surface area (TPSA) is 64.1 Å². The highest BCUT2D eigenvalue weighted by Crippen LogP contribution is 2.23. The lowest BCUT2D eigenvalue weighted by atomic mass is 10.3. The second-order valence-electron chi connectivity index (χ2n) is 3.76. The van der Waals surface area contributed by atoms with Crippen LogP contribution in [0.1, 0.15) is 19.8 Å². The summed E-state index contributed by atoms with van der Waals surface area (Å²) in [5.74, 6) is 0.473. The molecule has 1 N–H and O–H groups in total. The molecule has 1 saturated carbocycles. The second kappa shape index (κ2) is 6.32. The molecule has 1 atom stereocenters. The number of hydrogen-bond donors (Lipinski definition) is 1. The van der Waals surface area contributed by atoms with Crippen LogP contribution in [0.2, 0.25) is 0 Å². The summed E-state index contributed by atoms with van der Waals surface area (Å²) in [6, 6.07) is 0.246. The lowest BCUT2D eigenvalue weighted by Crippen LogP contribution is -2.41. The van der Waals surface area contributed by atoms with Crippen molar-refractivity contribution in [1.82, 2.24) is 14.7 Å². The molecule has 0 amide bonds. The van der Waals surface area contributed by atoms with Crippen molar-refractivity contribution in [1.29, 1.82) is 0 Å². The van der Waals surface area contributed by atoms with Crippen molar-refractivity contribution in [2.75, 3.05) is 12.4 Å². The molecule has 0 saturated heterocycles. The molecule has 0 aromatic carbocycles. The minimum absolute atomic E-state index is 0.170. The number of esters is 1. The molecule has 1 heterocycles. The molecule has 1 fully saturated rings. The Morgan fingerprint density at radius 1 is 1.76 bits per heavy atom. The Morgan fingerprint density at radius 3 is 3.18 bits per heavy atom. The van der Waals surface area contributed by atoms with Crippen LogP contribution >= 0.6 is 23.3 Å². The third kappa shape index (κ3) is 4.25. The maximum Gasteiger partial charge on any atom is 0.324 e. The monoisotopic (exact) mass is 273 g/mol. The van der Waals surface area contributed by atoms with Gasteiger partial charge in [-0.25, -0.2) is 4.98 Å². The first-order valence-corrected chi connectivity index (χ1v) is 7.37. The molecule has 2 rings (SSSR count). The summed E-state index contributed by atoms with van der Waals surface area (Å²) in [6.07, 6.45) is 3.83. The van der Waals surface area contributed by atoms with Crippen LogP contribution < -0.4 is 5.32 Å². The zero-order valence-corrected chi connectivity index (χ0v) is 11.2. The van der Waals surface area contributed by atoms with Crippen LogP contribution in [0.5, 0.6) is 0 Å². The highest BCUT2D eigenvalue weighted by Gasteiger charge is 2.29. The van der Waals surface area contributed by atoms with Gasteiger partial charge < -0.3 is 10.1 Å². The van der Waals surface area contributed by atoms with Crippen LogP contribution in [0.25, 0.3) is 0 Å². The molecular weight excluding hydrogens is 258 g/mol. The number of ether oxygens (including phenoxy) is 1. The molecule has 94 valence electrons. The number of carbonyl (C=O) groups excluding carboxylic acids is 1. The Labute approximate surface area is 109 Å². The quantitative estimate of drug-likeness (QED) is 0.597. The minimum Gasteiger partial charge on any atom is -0.465 e. The van der Waals surface area contributed by atoms with E-state index in [1.165, 1.54) is 17.9 Å². The van der Waals surface area contributed by atoms with Crippen LogP contribution in [0, 0.1) is 0 Å². The van der Waals surface area contributed by atoms with Crippen molar-refractivity contribution < 1.29 is 9.53 Å². The average molecular weight is 273 g/mol. The Balaban J connectivity index is 1.83. The van der Waals surface area contributed by atoms with Gasteiger partial charge in [0, 0.05) is 11.8 Å². The van der Waals surface area contributed by atoms with Crippen LogP contribution in [-0.4, -0.2) is 39.8 Å². The normalized spacial score (nSPS) is 16.8. The zero-order chi connectivity index (χ0) is 12.1. The van der Waals surface area contributed by atoms with E-state index >= 15 is 0 Å². The fourth-order valence-corrected chi connectivity index (χ4v) is 2.83. The van der Waals surface area contributed by atoms with Crippen molar-refractivity contribution in [3.05, 3.63) is 6.33 Å². The van der Waals surface area contributed by atoms with Crippen LogP contribution in [-0.2, 0) is 9.53 Å². The maximum atomic E-state index is 11.7. The van der Waals surface area contributed by atoms with Crippen molar-refractivity contribution in [2.24, 2.45) is 0 Å². The van der Waals surface area contributed by atoms with Gasteiger partial charge in [-0.2, -0.15) is 4.37 Å². The van der Waals surface area contributed by atoms with E-state index in [-0.39, 0.29) is 12.0 Å². The van der Waals surface area contributed by atoms with Crippen LogP contribution in [0.4, 0.5) is 0 Å². The van der Waals surface area contributed by atoms with Gasteiger partial charge in [-0.05, 0) is 31.3 Å². The molecule has 17 heavy (non-hydrogen) atoms. The highest BCUT2D eigenvalue weighted by molar-refractivity contribution is 8.01. The lowest BCUT2D eigenvalue weighted by molar-refractivity contribution is -0.145. The summed E-state index contributed by atoms with van der Waals surface area (Å²) in [5, 5.41) is 3.30. The van der Waals surface area contributed by atoms with Gasteiger partial charge >= 0.3 is 5.97 Å². The Kier molecular flexibility index (Phi) is 4.75. The number of aromatic nitrogens is 2. The standard InChI is InChI=1S/C10H15N3O2S2/c1-2-15-9(14)8(13-7-3-4-7)5-16-10-11-6-12-17-10/h6-8,13H,2-5H2,1H3. The summed E-state index contributed by atoms with van der Waals surface area (Å²) < 4.78 is 9.87. The number of carbonyl (C=O) groups is 1. The van der Waals surface area contributed by atoms with Gasteiger partial charge in [0.25, 0.3) is 0 Å². The Morgan fingerprint density at radius 2 is 2.59 bits per heavy atom. The third-order valence-corrected chi connectivity index (χ3v) is 4.19. The molecule has 0 bridgehead atoms. The fraction of sp³-hybridized carbons (Fsp3) is 0.700. The van der Waals surface area contributed by atoms with Gasteiger partial charge in [-0.1, -0.05) is 11.8 Å². The van der Waals surface area contributed by atoms with E-state index in [1.807, 2.05) is 6.92 Å². The molecule has 1 aromatic heterocycles. The third-order valence-electron chi connectivity index (χ3n) is 2.30. The lowest BCUT2D eigenvalue weighted by Gasteiger charge is -2.15. The van der Waals surface area contributed by atoms with Gasteiger partial charge in [0.2, 0.25) is 0 Å². The van der Waals surface area contributed by atoms with E-state index in [4.69, 9.17) is 4.74 Å². The van der Waals surface area contributed by atoms with Crippen molar-refractivity contribution >= 4 is 29.3 Å². The van der Waals surface area contributed by atoms with E-state index in [0.29, 0.717) is 18.4 Å². The molecular formula is C10H15N3O2S2. The van der Waals surface area contributed by atoms with E-state index in [1.54, 1.807) is 11.8 Å². The summed E-state index contributed by atoms with van der Waals surface area (Å²) in [5.41, 5.74) is 0. The number of hydrogen-bond acceptors (Lipinski definition) is 7. The molecule has 0 aliphatic heterocycles. The molecule has 1 aliphatic rings. The van der Waals surface area contributed by atoms with E-state index in [9.17, 15) is 4.79 Å². The van der Waals surface area contributed by atoms with Crippen molar-refractivity contribution in [3.63, 3.8) is 0 Å². The first kappa shape index (κ1) is 12.8.